The molecule has 0 saturated carbocycles. The second kappa shape index (κ2) is 8.03. The summed E-state index contributed by atoms with van der Waals surface area (Å²) in [6.45, 7) is 2.96. The Bertz CT molecular complexity index is 947. The molecule has 4 rings (SSSR count). The van der Waals surface area contributed by atoms with Gasteiger partial charge in [0.25, 0.3) is 0 Å². The largest absolute Gasteiger partial charge is 0.353 e. The first kappa shape index (κ1) is 18.5. The monoisotopic (exact) mass is 373 g/mol. The van der Waals surface area contributed by atoms with Crippen molar-refractivity contribution in [2.75, 3.05) is 11.9 Å². The van der Waals surface area contributed by atoms with Crippen molar-refractivity contribution < 1.29 is 4.79 Å². The molecule has 0 radical (unpaired) electrons. The van der Waals surface area contributed by atoms with Crippen LogP contribution in [0.4, 0.5) is 5.69 Å². The van der Waals surface area contributed by atoms with Gasteiger partial charge in [0.05, 0.1) is 12.1 Å². The summed E-state index contributed by atoms with van der Waals surface area (Å²) in [5, 5.41) is 3.18. The first-order valence-electron chi connectivity index (χ1n) is 9.97. The van der Waals surface area contributed by atoms with E-state index in [2.05, 4.69) is 58.4 Å². The van der Waals surface area contributed by atoms with Crippen molar-refractivity contribution in [3.05, 3.63) is 78.6 Å². The minimum atomic E-state index is -0.189. The summed E-state index contributed by atoms with van der Waals surface area (Å²) in [6, 6.07) is 22.5. The SMILES string of the molecule is C[C@H](C(=O)Nc1ccccc1-c1ccccc1)N1CCC[C@H]1c1cccn1C. The van der Waals surface area contributed by atoms with Gasteiger partial charge in [-0.15, -0.1) is 0 Å². The summed E-state index contributed by atoms with van der Waals surface area (Å²) in [6.07, 6.45) is 4.29. The number of amides is 1. The average Bonchev–Trinajstić information content (AvgIpc) is 3.37. The second-order valence-electron chi connectivity index (χ2n) is 7.52. The molecule has 28 heavy (non-hydrogen) atoms. The van der Waals surface area contributed by atoms with Crippen molar-refractivity contribution in [1.29, 1.82) is 0 Å². The Morgan fingerprint density at radius 2 is 1.79 bits per heavy atom. The number of nitrogens with one attached hydrogen (secondary N) is 1. The molecule has 2 aromatic carbocycles. The number of likely N-dealkylation sites (tertiary alicyclic amines) is 1. The van der Waals surface area contributed by atoms with E-state index in [1.54, 1.807) is 0 Å². The van der Waals surface area contributed by atoms with Crippen molar-refractivity contribution >= 4 is 11.6 Å². The fourth-order valence-corrected chi connectivity index (χ4v) is 4.24. The van der Waals surface area contributed by atoms with Crippen LogP contribution >= 0.6 is 0 Å². The summed E-state index contributed by atoms with van der Waals surface area (Å²) in [4.78, 5) is 15.5. The van der Waals surface area contributed by atoms with E-state index in [-0.39, 0.29) is 11.9 Å². The Balaban J connectivity index is 1.54. The summed E-state index contributed by atoms with van der Waals surface area (Å²) < 4.78 is 2.16. The van der Waals surface area contributed by atoms with Crippen molar-refractivity contribution in [2.45, 2.75) is 31.8 Å². The maximum absolute atomic E-state index is 13.1. The van der Waals surface area contributed by atoms with Crippen molar-refractivity contribution in [2.24, 2.45) is 7.05 Å². The van der Waals surface area contributed by atoms with Gasteiger partial charge in [-0.1, -0.05) is 48.5 Å². The van der Waals surface area contributed by atoms with Gasteiger partial charge < -0.3 is 9.88 Å². The lowest BCUT2D eigenvalue weighted by molar-refractivity contribution is -0.121. The molecule has 1 saturated heterocycles. The van der Waals surface area contributed by atoms with E-state index in [0.717, 1.165) is 36.2 Å². The maximum Gasteiger partial charge on any atom is 0.241 e. The van der Waals surface area contributed by atoms with Crippen LogP contribution in [0, 0.1) is 0 Å². The normalized spacial score (nSPS) is 18.1. The molecular formula is C24H27N3O. The van der Waals surface area contributed by atoms with E-state index < -0.39 is 0 Å². The molecule has 0 bridgehead atoms. The van der Waals surface area contributed by atoms with Gasteiger partial charge in [-0.3, -0.25) is 9.69 Å². The van der Waals surface area contributed by atoms with E-state index in [0.29, 0.717) is 6.04 Å². The van der Waals surface area contributed by atoms with Gasteiger partial charge in [-0.2, -0.15) is 0 Å². The first-order chi connectivity index (χ1) is 13.6. The molecule has 2 atom stereocenters. The Morgan fingerprint density at radius 1 is 1.04 bits per heavy atom. The Morgan fingerprint density at radius 3 is 2.54 bits per heavy atom. The van der Waals surface area contributed by atoms with Gasteiger partial charge in [-0.05, 0) is 50.1 Å². The van der Waals surface area contributed by atoms with Gasteiger partial charge in [0.15, 0.2) is 0 Å². The first-order valence-corrected chi connectivity index (χ1v) is 9.97. The van der Waals surface area contributed by atoms with Gasteiger partial charge in [0.2, 0.25) is 5.91 Å². The topological polar surface area (TPSA) is 37.3 Å². The molecule has 1 aliphatic heterocycles. The number of aromatic nitrogens is 1. The quantitative estimate of drug-likeness (QED) is 0.694. The van der Waals surface area contributed by atoms with Crippen LogP contribution in [0.1, 0.15) is 31.5 Å². The van der Waals surface area contributed by atoms with Gasteiger partial charge in [-0.25, -0.2) is 0 Å². The predicted octanol–water partition coefficient (Wildman–Crippen LogP) is 4.86. The smallest absolute Gasteiger partial charge is 0.241 e. The molecule has 0 unspecified atom stereocenters. The van der Waals surface area contributed by atoms with Gasteiger partial charge in [0, 0.05) is 30.2 Å². The number of benzene rings is 2. The molecule has 144 valence electrons. The minimum absolute atomic E-state index is 0.0458. The lowest BCUT2D eigenvalue weighted by Crippen LogP contribution is -2.42. The second-order valence-corrected chi connectivity index (χ2v) is 7.52. The maximum atomic E-state index is 13.1. The molecule has 1 fully saturated rings. The molecule has 4 heteroatoms. The number of nitrogens with zero attached hydrogens (tertiary/aromatic N) is 2. The fraction of sp³-hybridized carbons (Fsp3) is 0.292. The van der Waals surface area contributed by atoms with Gasteiger partial charge >= 0.3 is 0 Å². The number of carbonyl (C=O) groups excluding carboxylic acids is 1. The van der Waals surface area contributed by atoms with E-state index >= 15 is 0 Å². The third-order valence-corrected chi connectivity index (χ3v) is 5.77. The molecule has 1 amide bonds. The Kier molecular flexibility index (Phi) is 5.31. The predicted molar refractivity (Wildman–Crippen MR) is 114 cm³/mol. The number of hydrogen-bond donors (Lipinski definition) is 1. The number of carbonyl (C=O) groups is 1. The molecule has 4 nitrogen and oxygen atoms in total. The fourth-order valence-electron chi connectivity index (χ4n) is 4.24. The van der Waals surface area contributed by atoms with E-state index in [1.165, 1.54) is 5.69 Å². The van der Waals surface area contributed by atoms with Crippen LogP contribution in [0.5, 0.6) is 0 Å². The molecule has 3 aromatic rings. The number of anilines is 1. The van der Waals surface area contributed by atoms with Crippen LogP contribution in [0.3, 0.4) is 0 Å². The van der Waals surface area contributed by atoms with Crippen LogP contribution in [-0.2, 0) is 11.8 Å². The van der Waals surface area contributed by atoms with Crippen LogP contribution in [0.25, 0.3) is 11.1 Å². The highest BCUT2D eigenvalue weighted by Crippen LogP contribution is 2.34. The summed E-state index contributed by atoms with van der Waals surface area (Å²) in [5.74, 6) is 0.0458. The third kappa shape index (κ3) is 3.60. The van der Waals surface area contributed by atoms with Crippen molar-refractivity contribution in [3.8, 4) is 11.1 Å². The highest BCUT2D eigenvalue weighted by atomic mass is 16.2. The standard InChI is InChI=1S/C24H27N3O/c1-18(27-17-9-15-23(27)22-14-8-16-26(22)2)24(28)25-21-13-7-6-12-20(21)19-10-4-3-5-11-19/h3-8,10-14,16,18,23H,9,15,17H2,1-2H3,(H,25,28)/t18-,23+/m1/s1. The zero-order chi connectivity index (χ0) is 19.5. The number of hydrogen-bond acceptors (Lipinski definition) is 2. The summed E-state index contributed by atoms with van der Waals surface area (Å²) in [7, 11) is 2.08. The molecule has 1 N–H and O–H groups in total. The summed E-state index contributed by atoms with van der Waals surface area (Å²) in [5.41, 5.74) is 4.29. The Hall–Kier alpha value is -2.85. The average molecular weight is 374 g/mol. The van der Waals surface area contributed by atoms with Crippen LogP contribution in [0.15, 0.2) is 72.9 Å². The molecule has 0 aliphatic carbocycles. The van der Waals surface area contributed by atoms with Gasteiger partial charge in [0.1, 0.15) is 0 Å². The number of aryl methyl sites for hydroxylation is 1. The summed E-state index contributed by atoms with van der Waals surface area (Å²) >= 11 is 0. The lowest BCUT2D eigenvalue weighted by Gasteiger charge is -2.30. The molecule has 0 spiro atoms. The highest BCUT2D eigenvalue weighted by molar-refractivity contribution is 5.98. The zero-order valence-corrected chi connectivity index (χ0v) is 16.5. The lowest BCUT2D eigenvalue weighted by atomic mass is 10.0. The van der Waals surface area contributed by atoms with Crippen molar-refractivity contribution in [1.82, 2.24) is 9.47 Å². The third-order valence-electron chi connectivity index (χ3n) is 5.77. The Labute approximate surface area is 166 Å². The molecular weight excluding hydrogens is 346 g/mol. The number of para-hydroxylation sites is 1. The number of rotatable bonds is 5. The molecule has 2 heterocycles. The van der Waals surface area contributed by atoms with Crippen molar-refractivity contribution in [3.63, 3.8) is 0 Å². The van der Waals surface area contributed by atoms with E-state index in [1.807, 2.05) is 43.3 Å². The minimum Gasteiger partial charge on any atom is -0.353 e. The van der Waals surface area contributed by atoms with Crippen LogP contribution in [-0.4, -0.2) is 28.0 Å². The molecule has 1 aliphatic rings. The highest BCUT2D eigenvalue weighted by Gasteiger charge is 2.34. The van der Waals surface area contributed by atoms with E-state index in [4.69, 9.17) is 0 Å². The zero-order valence-electron chi connectivity index (χ0n) is 16.5. The van der Waals surface area contributed by atoms with Crippen LogP contribution < -0.4 is 5.32 Å². The van der Waals surface area contributed by atoms with Crippen LogP contribution in [0.2, 0.25) is 0 Å². The van der Waals surface area contributed by atoms with E-state index in [9.17, 15) is 4.79 Å². The molecule has 1 aromatic heterocycles.